The second kappa shape index (κ2) is 5.09. The molecular formula is C15H10N4O4. The number of nitrogens with one attached hydrogen (secondary N) is 1. The molecule has 0 atom stereocenters. The largest absolute Gasteiger partial charge is 0.433 e. The molecule has 114 valence electrons. The summed E-state index contributed by atoms with van der Waals surface area (Å²) in [4.78, 5) is 13.2. The number of nitrogens with zero attached hydrogens (tertiary/aromatic N) is 3. The Morgan fingerprint density at radius 3 is 2.83 bits per heavy atom. The van der Waals surface area contributed by atoms with Crippen LogP contribution in [-0.2, 0) is 6.42 Å². The maximum atomic E-state index is 10.6. The Morgan fingerprint density at radius 1 is 1.13 bits per heavy atom. The van der Waals surface area contributed by atoms with Crippen molar-refractivity contribution >= 4 is 16.8 Å². The zero-order chi connectivity index (χ0) is 15.8. The van der Waals surface area contributed by atoms with E-state index in [1.807, 2.05) is 30.5 Å². The van der Waals surface area contributed by atoms with E-state index in [1.54, 1.807) is 0 Å². The van der Waals surface area contributed by atoms with E-state index in [0.29, 0.717) is 12.3 Å². The van der Waals surface area contributed by atoms with Crippen molar-refractivity contribution in [2.45, 2.75) is 6.42 Å². The molecule has 0 aliphatic rings. The molecule has 0 aliphatic carbocycles. The smallest absolute Gasteiger partial charge is 0.418 e. The summed E-state index contributed by atoms with van der Waals surface area (Å²) in [5.74, 6) is 0.336. The van der Waals surface area contributed by atoms with Crippen molar-refractivity contribution in [3.63, 3.8) is 0 Å². The highest BCUT2D eigenvalue weighted by Crippen LogP contribution is 2.26. The number of rotatable bonds is 4. The number of fused-ring (bicyclic) bond motifs is 1. The Bertz CT molecular complexity index is 998. The van der Waals surface area contributed by atoms with Crippen molar-refractivity contribution in [1.29, 1.82) is 0 Å². The van der Waals surface area contributed by atoms with E-state index >= 15 is 0 Å². The highest BCUT2D eigenvalue weighted by molar-refractivity contribution is 5.83. The van der Waals surface area contributed by atoms with Crippen LogP contribution in [0.15, 0.2) is 51.4 Å². The van der Waals surface area contributed by atoms with Crippen molar-refractivity contribution in [3.05, 3.63) is 64.2 Å². The Hall–Kier alpha value is -3.42. The molecule has 4 rings (SSSR count). The lowest BCUT2D eigenvalue weighted by atomic mass is 10.1. The predicted molar refractivity (Wildman–Crippen MR) is 79.8 cm³/mol. The standard InChI is InChI=1S/C15H10N4O4/c20-19(21)14-6-5-12(22-14)15-18-17-13(23-15)7-9-8-16-11-4-2-1-3-10(9)11/h1-6,8,16H,7H2. The molecule has 3 aromatic heterocycles. The van der Waals surface area contributed by atoms with Crippen molar-refractivity contribution in [2.24, 2.45) is 0 Å². The van der Waals surface area contributed by atoms with Crippen LogP contribution < -0.4 is 0 Å². The molecule has 0 unspecified atom stereocenters. The van der Waals surface area contributed by atoms with Crippen LogP contribution in [0.4, 0.5) is 5.88 Å². The molecule has 1 aromatic carbocycles. The maximum Gasteiger partial charge on any atom is 0.433 e. The van der Waals surface area contributed by atoms with E-state index in [9.17, 15) is 10.1 Å². The summed E-state index contributed by atoms with van der Waals surface area (Å²) in [5.41, 5.74) is 2.06. The first-order chi connectivity index (χ1) is 11.2. The van der Waals surface area contributed by atoms with E-state index in [1.165, 1.54) is 12.1 Å². The first-order valence-corrected chi connectivity index (χ1v) is 6.82. The Kier molecular flexibility index (Phi) is 2.94. The van der Waals surface area contributed by atoms with Crippen molar-refractivity contribution in [1.82, 2.24) is 15.2 Å². The van der Waals surface area contributed by atoms with Crippen LogP contribution >= 0.6 is 0 Å². The van der Waals surface area contributed by atoms with Gasteiger partial charge in [0.15, 0.2) is 5.76 Å². The van der Waals surface area contributed by atoms with Crippen LogP contribution in [0.5, 0.6) is 0 Å². The van der Waals surface area contributed by atoms with Gasteiger partial charge in [0.1, 0.15) is 4.92 Å². The Morgan fingerprint density at radius 2 is 2.00 bits per heavy atom. The molecule has 1 N–H and O–H groups in total. The van der Waals surface area contributed by atoms with Crippen LogP contribution in [0.2, 0.25) is 0 Å². The van der Waals surface area contributed by atoms with Gasteiger partial charge in [-0.2, -0.15) is 0 Å². The zero-order valence-electron chi connectivity index (χ0n) is 11.7. The van der Waals surface area contributed by atoms with Crippen molar-refractivity contribution in [2.75, 3.05) is 0 Å². The lowest BCUT2D eigenvalue weighted by molar-refractivity contribution is -0.401. The average Bonchev–Trinajstić information content (AvgIpc) is 3.26. The average molecular weight is 310 g/mol. The van der Waals surface area contributed by atoms with Gasteiger partial charge in [0, 0.05) is 17.1 Å². The summed E-state index contributed by atoms with van der Waals surface area (Å²) in [6.07, 6.45) is 2.35. The summed E-state index contributed by atoms with van der Waals surface area (Å²) < 4.78 is 10.6. The molecule has 8 nitrogen and oxygen atoms in total. The third-order valence-corrected chi connectivity index (χ3v) is 3.47. The highest BCUT2D eigenvalue weighted by atomic mass is 16.6. The molecule has 23 heavy (non-hydrogen) atoms. The van der Waals surface area contributed by atoms with Gasteiger partial charge in [0.05, 0.1) is 12.5 Å². The van der Waals surface area contributed by atoms with E-state index in [0.717, 1.165) is 16.5 Å². The number of aromatic nitrogens is 3. The van der Waals surface area contributed by atoms with Crippen LogP contribution in [0.1, 0.15) is 11.5 Å². The normalized spacial score (nSPS) is 11.1. The van der Waals surface area contributed by atoms with E-state index in [-0.39, 0.29) is 17.5 Å². The van der Waals surface area contributed by atoms with Gasteiger partial charge in [-0.1, -0.05) is 18.2 Å². The Labute approximate surface area is 128 Å². The van der Waals surface area contributed by atoms with Crippen LogP contribution in [0, 0.1) is 10.1 Å². The number of H-pyrrole nitrogens is 1. The van der Waals surface area contributed by atoms with E-state index in [2.05, 4.69) is 15.2 Å². The lowest BCUT2D eigenvalue weighted by Gasteiger charge is -1.94. The van der Waals surface area contributed by atoms with E-state index < -0.39 is 4.92 Å². The maximum absolute atomic E-state index is 10.6. The fourth-order valence-electron chi connectivity index (χ4n) is 2.41. The van der Waals surface area contributed by atoms with Crippen molar-refractivity contribution < 1.29 is 13.8 Å². The highest BCUT2D eigenvalue weighted by Gasteiger charge is 2.18. The number of nitro groups is 1. The monoisotopic (exact) mass is 310 g/mol. The second-order valence-corrected chi connectivity index (χ2v) is 4.93. The quantitative estimate of drug-likeness (QED) is 0.457. The number of hydrogen-bond acceptors (Lipinski definition) is 6. The fourth-order valence-corrected chi connectivity index (χ4v) is 2.41. The molecule has 3 heterocycles. The predicted octanol–water partition coefficient (Wildman–Crippen LogP) is 3.31. The van der Waals surface area contributed by atoms with Gasteiger partial charge >= 0.3 is 5.88 Å². The molecule has 0 amide bonds. The van der Waals surface area contributed by atoms with Gasteiger partial charge in [0.25, 0.3) is 5.89 Å². The molecule has 8 heteroatoms. The molecule has 4 aromatic rings. The molecule has 0 fully saturated rings. The van der Waals surface area contributed by atoms with Crippen LogP contribution in [-0.4, -0.2) is 20.1 Å². The molecule has 0 bridgehead atoms. The minimum absolute atomic E-state index is 0.118. The number of hydrogen-bond donors (Lipinski definition) is 1. The summed E-state index contributed by atoms with van der Waals surface area (Å²) in [5, 5.41) is 19.6. The first-order valence-electron chi connectivity index (χ1n) is 6.82. The number of furan rings is 1. The summed E-state index contributed by atoms with van der Waals surface area (Å²) in [6.45, 7) is 0. The SMILES string of the molecule is O=[N+]([O-])c1ccc(-c2nnc(Cc3c[nH]c4ccccc34)o2)o1. The minimum atomic E-state index is -0.618. The number of benzene rings is 1. The number of aromatic amines is 1. The number of para-hydroxylation sites is 1. The van der Waals surface area contributed by atoms with Crippen LogP contribution in [0.25, 0.3) is 22.6 Å². The molecular weight excluding hydrogens is 300 g/mol. The molecule has 0 radical (unpaired) electrons. The topological polar surface area (TPSA) is 111 Å². The summed E-state index contributed by atoms with van der Waals surface area (Å²) in [6, 6.07) is 10.6. The molecule has 0 saturated heterocycles. The van der Waals surface area contributed by atoms with Crippen molar-refractivity contribution in [3.8, 4) is 11.7 Å². The van der Waals surface area contributed by atoms with Gasteiger partial charge in [-0.25, -0.2) is 0 Å². The summed E-state index contributed by atoms with van der Waals surface area (Å²) in [7, 11) is 0. The minimum Gasteiger partial charge on any atom is -0.418 e. The molecule has 0 saturated carbocycles. The third kappa shape index (κ3) is 2.35. The van der Waals surface area contributed by atoms with Gasteiger partial charge in [-0.3, -0.25) is 10.1 Å². The lowest BCUT2D eigenvalue weighted by Crippen LogP contribution is -1.86. The second-order valence-electron chi connectivity index (χ2n) is 4.93. The fraction of sp³-hybridized carbons (Fsp3) is 0.0667. The van der Waals surface area contributed by atoms with Gasteiger partial charge < -0.3 is 13.8 Å². The molecule has 0 spiro atoms. The van der Waals surface area contributed by atoms with Gasteiger partial charge in [0.2, 0.25) is 5.89 Å². The van der Waals surface area contributed by atoms with E-state index in [4.69, 9.17) is 8.83 Å². The third-order valence-electron chi connectivity index (χ3n) is 3.47. The van der Waals surface area contributed by atoms with Gasteiger partial charge in [-0.05, 0) is 17.7 Å². The summed E-state index contributed by atoms with van der Waals surface area (Å²) >= 11 is 0. The van der Waals surface area contributed by atoms with Crippen LogP contribution in [0.3, 0.4) is 0 Å². The Balaban J connectivity index is 1.61. The zero-order valence-corrected chi connectivity index (χ0v) is 11.7. The molecule has 0 aliphatic heterocycles. The van der Waals surface area contributed by atoms with Gasteiger partial charge in [-0.15, -0.1) is 10.2 Å². The first kappa shape index (κ1) is 13.3.